The molecule has 1 atom stereocenters. The van der Waals surface area contributed by atoms with Crippen molar-refractivity contribution >= 4 is 38.6 Å². The van der Waals surface area contributed by atoms with Crippen LogP contribution in [0.2, 0.25) is 0 Å². The van der Waals surface area contributed by atoms with E-state index in [4.69, 9.17) is 0 Å². The van der Waals surface area contributed by atoms with Crippen LogP contribution in [-0.4, -0.2) is 71.3 Å². The second kappa shape index (κ2) is 8.97. The number of amides is 1. The fourth-order valence-electron chi connectivity index (χ4n) is 4.51. The van der Waals surface area contributed by atoms with Crippen LogP contribution in [-0.2, 0) is 14.8 Å². The predicted molar refractivity (Wildman–Crippen MR) is 134 cm³/mol. The Labute approximate surface area is 208 Å². The van der Waals surface area contributed by atoms with Crippen molar-refractivity contribution < 1.29 is 13.2 Å². The molecule has 1 amide bonds. The Balaban J connectivity index is 1.38. The molecule has 1 aliphatic heterocycles. The van der Waals surface area contributed by atoms with Crippen LogP contribution in [0.5, 0.6) is 0 Å². The average Bonchev–Trinajstić information content (AvgIpc) is 3.57. The molecule has 0 aromatic carbocycles. The van der Waals surface area contributed by atoms with E-state index in [-0.39, 0.29) is 18.5 Å². The Bertz CT molecular complexity index is 1560. The molecule has 0 saturated carbocycles. The SMILES string of the molecule is CC(=O)N1CCC(S(=O)(=O)n2cc(-c3nccc(Nc4cc5c(cn4)nc(C)n5C(C)C)n3)cn2)C1. The van der Waals surface area contributed by atoms with E-state index in [1.807, 2.05) is 13.0 Å². The van der Waals surface area contributed by atoms with E-state index in [1.165, 1.54) is 24.2 Å². The molecule has 1 fully saturated rings. The molecular weight excluding hydrogens is 482 g/mol. The van der Waals surface area contributed by atoms with Crippen LogP contribution in [0.25, 0.3) is 22.4 Å². The Hall–Kier alpha value is -3.87. The maximum Gasteiger partial charge on any atom is 0.258 e. The fraction of sp³-hybridized carbons (Fsp3) is 0.391. The number of rotatable bonds is 6. The van der Waals surface area contributed by atoms with Gasteiger partial charge < -0.3 is 14.8 Å². The number of carbonyl (C=O) groups excluding carboxylic acids is 1. The molecule has 13 heteroatoms. The second-order valence-electron chi connectivity index (χ2n) is 9.09. The largest absolute Gasteiger partial charge is 0.342 e. The van der Waals surface area contributed by atoms with E-state index in [2.05, 4.69) is 48.8 Å². The molecule has 1 saturated heterocycles. The molecule has 4 aromatic heterocycles. The topological polar surface area (TPSA) is 141 Å². The second-order valence-corrected chi connectivity index (χ2v) is 11.2. The number of fused-ring (bicyclic) bond motifs is 1. The number of imidazole rings is 1. The summed E-state index contributed by atoms with van der Waals surface area (Å²) in [5.74, 6) is 2.21. The summed E-state index contributed by atoms with van der Waals surface area (Å²) in [6.45, 7) is 8.19. The van der Waals surface area contributed by atoms with E-state index in [9.17, 15) is 13.2 Å². The van der Waals surface area contributed by atoms with Crippen molar-refractivity contribution in [2.75, 3.05) is 18.4 Å². The first-order chi connectivity index (χ1) is 17.1. The van der Waals surface area contributed by atoms with Gasteiger partial charge in [0.2, 0.25) is 5.91 Å². The number of likely N-dealkylation sites (tertiary alicyclic amines) is 1. The third-order valence-electron chi connectivity index (χ3n) is 6.27. The van der Waals surface area contributed by atoms with E-state index < -0.39 is 15.3 Å². The van der Waals surface area contributed by atoms with Crippen LogP contribution in [0.3, 0.4) is 0 Å². The molecule has 36 heavy (non-hydrogen) atoms. The Morgan fingerprint density at radius 2 is 1.97 bits per heavy atom. The van der Waals surface area contributed by atoms with Crippen LogP contribution in [0.1, 0.15) is 39.1 Å². The summed E-state index contributed by atoms with van der Waals surface area (Å²) in [5.41, 5.74) is 2.24. The van der Waals surface area contributed by atoms with Crippen molar-refractivity contribution in [3.63, 3.8) is 0 Å². The lowest BCUT2D eigenvalue weighted by molar-refractivity contribution is -0.127. The Morgan fingerprint density at radius 3 is 2.69 bits per heavy atom. The summed E-state index contributed by atoms with van der Waals surface area (Å²) < 4.78 is 29.2. The van der Waals surface area contributed by atoms with Gasteiger partial charge >= 0.3 is 0 Å². The summed E-state index contributed by atoms with van der Waals surface area (Å²) in [5, 5.41) is 6.55. The summed E-state index contributed by atoms with van der Waals surface area (Å²) >= 11 is 0. The van der Waals surface area contributed by atoms with Gasteiger partial charge in [0.25, 0.3) is 10.0 Å². The van der Waals surface area contributed by atoms with Gasteiger partial charge in [0.1, 0.15) is 28.2 Å². The lowest BCUT2D eigenvalue weighted by atomic mass is 10.3. The zero-order valence-corrected chi connectivity index (χ0v) is 21.3. The molecule has 1 aliphatic rings. The van der Waals surface area contributed by atoms with Crippen molar-refractivity contribution in [3.05, 3.63) is 42.7 Å². The van der Waals surface area contributed by atoms with Crippen LogP contribution in [0, 0.1) is 6.92 Å². The highest BCUT2D eigenvalue weighted by molar-refractivity contribution is 7.90. The third kappa shape index (κ3) is 4.30. The maximum atomic E-state index is 13.0. The maximum absolute atomic E-state index is 13.0. The molecule has 5 rings (SSSR count). The van der Waals surface area contributed by atoms with Crippen molar-refractivity contribution in [2.24, 2.45) is 0 Å². The van der Waals surface area contributed by atoms with Gasteiger partial charge in [0.05, 0.1) is 29.7 Å². The van der Waals surface area contributed by atoms with Crippen molar-refractivity contribution in [1.29, 1.82) is 0 Å². The normalized spacial score (nSPS) is 16.2. The first kappa shape index (κ1) is 23.9. The van der Waals surface area contributed by atoms with Gasteiger partial charge in [-0.1, -0.05) is 0 Å². The summed E-state index contributed by atoms with van der Waals surface area (Å²) in [7, 11) is -3.76. The molecule has 4 aromatic rings. The average molecular weight is 510 g/mol. The third-order valence-corrected chi connectivity index (χ3v) is 8.22. The van der Waals surface area contributed by atoms with E-state index >= 15 is 0 Å². The molecule has 5 heterocycles. The first-order valence-corrected chi connectivity index (χ1v) is 13.1. The molecule has 188 valence electrons. The van der Waals surface area contributed by atoms with E-state index in [0.29, 0.717) is 36.0 Å². The minimum Gasteiger partial charge on any atom is -0.342 e. The highest BCUT2D eigenvalue weighted by Gasteiger charge is 2.36. The Morgan fingerprint density at radius 1 is 1.17 bits per heavy atom. The fourth-order valence-corrected chi connectivity index (χ4v) is 6.02. The smallest absolute Gasteiger partial charge is 0.258 e. The van der Waals surface area contributed by atoms with Crippen LogP contribution in [0.15, 0.2) is 36.9 Å². The van der Waals surface area contributed by atoms with Gasteiger partial charge in [-0.05, 0) is 33.3 Å². The molecule has 0 radical (unpaired) electrons. The number of carbonyl (C=O) groups is 1. The first-order valence-electron chi connectivity index (χ1n) is 11.6. The minimum atomic E-state index is -3.76. The standard InChI is InChI=1S/C23H27N9O3S/c1-14(2)32-15(3)27-19-11-25-22(9-20(19)32)28-21-5-7-24-23(29-21)17-10-26-31(12-17)36(34,35)18-6-8-30(13-18)16(4)33/h5,7,9-12,14,18H,6,8,13H2,1-4H3,(H,24,25,28,29). The molecule has 1 N–H and O–H groups in total. The van der Waals surface area contributed by atoms with Gasteiger partial charge in [-0.25, -0.2) is 28.4 Å². The lowest BCUT2D eigenvalue weighted by Crippen LogP contribution is -2.33. The lowest BCUT2D eigenvalue weighted by Gasteiger charge is -2.14. The summed E-state index contributed by atoms with van der Waals surface area (Å²) in [6, 6.07) is 3.88. The van der Waals surface area contributed by atoms with Crippen molar-refractivity contribution in [1.82, 2.24) is 38.6 Å². The number of aryl methyl sites for hydroxylation is 1. The van der Waals surface area contributed by atoms with Crippen LogP contribution in [0.4, 0.5) is 11.6 Å². The van der Waals surface area contributed by atoms with Gasteiger partial charge in [0.15, 0.2) is 5.82 Å². The van der Waals surface area contributed by atoms with Gasteiger partial charge in [-0.2, -0.15) is 9.19 Å². The quantitative estimate of drug-likeness (QED) is 0.415. The molecular formula is C23H27N9O3S. The van der Waals surface area contributed by atoms with Gasteiger partial charge in [-0.3, -0.25) is 4.79 Å². The zero-order chi connectivity index (χ0) is 25.6. The number of pyridine rings is 1. The molecule has 0 spiro atoms. The minimum absolute atomic E-state index is 0.135. The molecule has 1 unspecified atom stereocenters. The number of hydrogen-bond donors (Lipinski definition) is 1. The molecule has 0 bridgehead atoms. The number of aromatic nitrogens is 7. The zero-order valence-electron chi connectivity index (χ0n) is 20.5. The number of nitrogens with one attached hydrogen (secondary N) is 1. The van der Waals surface area contributed by atoms with Gasteiger partial charge in [-0.15, -0.1) is 0 Å². The predicted octanol–water partition coefficient (Wildman–Crippen LogP) is 2.52. The highest BCUT2D eigenvalue weighted by Crippen LogP contribution is 2.25. The van der Waals surface area contributed by atoms with Crippen LogP contribution >= 0.6 is 0 Å². The number of anilines is 2. The molecule has 12 nitrogen and oxygen atoms in total. The highest BCUT2D eigenvalue weighted by atomic mass is 32.2. The monoisotopic (exact) mass is 509 g/mol. The van der Waals surface area contributed by atoms with Crippen LogP contribution < -0.4 is 5.32 Å². The van der Waals surface area contributed by atoms with Gasteiger partial charge in [0, 0.05) is 38.3 Å². The summed E-state index contributed by atoms with van der Waals surface area (Å²) in [6.07, 6.45) is 6.50. The van der Waals surface area contributed by atoms with E-state index in [0.717, 1.165) is 20.9 Å². The number of nitrogens with zero attached hydrogens (tertiary/aromatic N) is 8. The Kier molecular flexibility index (Phi) is 5.94. The van der Waals surface area contributed by atoms with E-state index in [1.54, 1.807) is 18.5 Å². The molecule has 0 aliphatic carbocycles. The number of hydrogen-bond acceptors (Lipinski definition) is 9. The van der Waals surface area contributed by atoms with Crippen molar-refractivity contribution in [3.8, 4) is 11.4 Å². The van der Waals surface area contributed by atoms with Crippen molar-refractivity contribution in [2.45, 2.75) is 45.4 Å². The summed E-state index contributed by atoms with van der Waals surface area (Å²) in [4.78, 5) is 31.0.